The van der Waals surface area contributed by atoms with Crippen molar-refractivity contribution in [2.45, 2.75) is 12.7 Å². The summed E-state index contributed by atoms with van der Waals surface area (Å²) in [5.74, 6) is -0.982. The summed E-state index contributed by atoms with van der Waals surface area (Å²) >= 11 is 0. The van der Waals surface area contributed by atoms with E-state index in [0.29, 0.717) is 0 Å². The standard InChI is InChI=1S/C20H10F6N2O2/c21-19(22,23)29-14-5-1-3-12(7-14)17-10-28-11-18(16(17)9-27)13-4-2-6-15(8-13)30-20(24,25)26/h1-8,10-11H. The Morgan fingerprint density at radius 3 is 1.53 bits per heavy atom. The molecule has 0 amide bonds. The molecule has 1 aromatic heterocycles. The van der Waals surface area contributed by atoms with Crippen LogP contribution in [0.5, 0.6) is 11.5 Å². The van der Waals surface area contributed by atoms with Crippen LogP contribution in [0.2, 0.25) is 0 Å². The molecule has 0 saturated heterocycles. The number of benzene rings is 2. The van der Waals surface area contributed by atoms with E-state index in [0.717, 1.165) is 24.3 Å². The average molecular weight is 424 g/mol. The van der Waals surface area contributed by atoms with Gasteiger partial charge in [-0.2, -0.15) is 5.26 Å². The number of ether oxygens (including phenoxy) is 2. The molecule has 0 atom stereocenters. The highest BCUT2D eigenvalue weighted by atomic mass is 19.4. The summed E-state index contributed by atoms with van der Waals surface area (Å²) in [6.07, 6.45) is -7.25. The minimum atomic E-state index is -4.89. The van der Waals surface area contributed by atoms with Gasteiger partial charge in [-0.25, -0.2) is 0 Å². The lowest BCUT2D eigenvalue weighted by Crippen LogP contribution is -2.17. The van der Waals surface area contributed by atoms with E-state index in [9.17, 15) is 31.6 Å². The van der Waals surface area contributed by atoms with Gasteiger partial charge in [-0.15, -0.1) is 26.3 Å². The van der Waals surface area contributed by atoms with Crippen LogP contribution in [0.1, 0.15) is 5.56 Å². The molecule has 1 heterocycles. The summed E-state index contributed by atoms with van der Waals surface area (Å²) in [7, 11) is 0. The molecule has 0 saturated carbocycles. The van der Waals surface area contributed by atoms with Gasteiger partial charge in [0.05, 0.1) is 5.56 Å². The van der Waals surface area contributed by atoms with Gasteiger partial charge in [0.2, 0.25) is 0 Å². The maximum absolute atomic E-state index is 12.5. The first-order chi connectivity index (χ1) is 14.1. The topological polar surface area (TPSA) is 55.1 Å². The highest BCUT2D eigenvalue weighted by molar-refractivity contribution is 5.81. The van der Waals surface area contributed by atoms with E-state index in [1.807, 2.05) is 6.07 Å². The summed E-state index contributed by atoms with van der Waals surface area (Å²) in [4.78, 5) is 3.98. The van der Waals surface area contributed by atoms with E-state index in [-0.39, 0.29) is 27.8 Å². The largest absolute Gasteiger partial charge is 0.573 e. The zero-order chi connectivity index (χ0) is 21.9. The molecule has 0 fully saturated rings. The quantitative estimate of drug-likeness (QED) is 0.476. The number of nitrogens with zero attached hydrogens (tertiary/aromatic N) is 2. The van der Waals surface area contributed by atoms with Crippen LogP contribution >= 0.6 is 0 Å². The molecule has 10 heteroatoms. The van der Waals surface area contributed by atoms with Gasteiger partial charge < -0.3 is 9.47 Å². The van der Waals surface area contributed by atoms with E-state index < -0.39 is 24.2 Å². The maximum atomic E-state index is 12.5. The van der Waals surface area contributed by atoms with Crippen molar-refractivity contribution in [2.75, 3.05) is 0 Å². The molecule has 0 N–H and O–H groups in total. The molecule has 0 unspecified atom stereocenters. The van der Waals surface area contributed by atoms with E-state index >= 15 is 0 Å². The molecule has 0 bridgehead atoms. The Balaban J connectivity index is 2.06. The summed E-state index contributed by atoms with van der Waals surface area (Å²) in [5, 5.41) is 9.63. The first-order valence-electron chi connectivity index (χ1n) is 8.16. The maximum Gasteiger partial charge on any atom is 0.573 e. The van der Waals surface area contributed by atoms with Gasteiger partial charge in [0.25, 0.3) is 0 Å². The van der Waals surface area contributed by atoms with Crippen molar-refractivity contribution in [3.05, 3.63) is 66.5 Å². The Morgan fingerprint density at radius 2 is 1.17 bits per heavy atom. The molecule has 3 rings (SSSR count). The molecule has 30 heavy (non-hydrogen) atoms. The molecule has 0 radical (unpaired) electrons. The predicted octanol–water partition coefficient (Wildman–Crippen LogP) is 6.08. The summed E-state index contributed by atoms with van der Waals surface area (Å²) in [6, 6.07) is 11.8. The minimum absolute atomic E-state index is 0.0123. The molecular formula is C20H10F6N2O2. The molecule has 2 aromatic carbocycles. The normalized spacial score (nSPS) is 11.6. The fourth-order valence-electron chi connectivity index (χ4n) is 2.74. The van der Waals surface area contributed by atoms with E-state index in [4.69, 9.17) is 0 Å². The third-order valence-electron chi connectivity index (χ3n) is 3.81. The number of aromatic nitrogens is 1. The molecular weight excluding hydrogens is 414 g/mol. The van der Waals surface area contributed by atoms with Crippen molar-refractivity contribution in [2.24, 2.45) is 0 Å². The second-order valence-corrected chi connectivity index (χ2v) is 5.87. The Kier molecular flexibility index (Phi) is 5.56. The lowest BCUT2D eigenvalue weighted by molar-refractivity contribution is -0.275. The number of alkyl halides is 6. The number of hydrogen-bond donors (Lipinski definition) is 0. The molecule has 0 aliphatic rings. The fourth-order valence-corrected chi connectivity index (χ4v) is 2.74. The molecule has 0 aliphatic heterocycles. The fraction of sp³-hybridized carbons (Fsp3) is 0.100. The van der Waals surface area contributed by atoms with Crippen molar-refractivity contribution in [3.63, 3.8) is 0 Å². The van der Waals surface area contributed by atoms with Gasteiger partial charge in [0.1, 0.15) is 17.6 Å². The SMILES string of the molecule is N#Cc1c(-c2cccc(OC(F)(F)F)c2)cncc1-c1cccc(OC(F)(F)F)c1. The predicted molar refractivity (Wildman–Crippen MR) is 93.2 cm³/mol. The minimum Gasteiger partial charge on any atom is -0.406 e. The Bertz CT molecular complexity index is 1030. The van der Waals surface area contributed by atoms with Crippen LogP contribution in [-0.2, 0) is 0 Å². The second-order valence-electron chi connectivity index (χ2n) is 5.87. The molecule has 0 spiro atoms. The van der Waals surface area contributed by atoms with Crippen molar-refractivity contribution >= 4 is 0 Å². The van der Waals surface area contributed by atoms with E-state index in [2.05, 4.69) is 14.5 Å². The third kappa shape index (κ3) is 5.20. The Labute approximate surface area is 165 Å². The van der Waals surface area contributed by atoms with Crippen molar-refractivity contribution in [1.29, 1.82) is 5.26 Å². The van der Waals surface area contributed by atoms with Gasteiger partial charge in [0.15, 0.2) is 0 Å². The van der Waals surface area contributed by atoms with Crippen molar-refractivity contribution in [3.8, 4) is 39.8 Å². The Hall–Kier alpha value is -3.74. The number of halogens is 6. The molecule has 3 aromatic rings. The zero-order valence-corrected chi connectivity index (χ0v) is 14.8. The van der Waals surface area contributed by atoms with Crippen LogP contribution in [0.25, 0.3) is 22.3 Å². The smallest absolute Gasteiger partial charge is 0.406 e. The van der Waals surface area contributed by atoms with Gasteiger partial charge in [-0.1, -0.05) is 24.3 Å². The van der Waals surface area contributed by atoms with Crippen molar-refractivity contribution in [1.82, 2.24) is 4.98 Å². The van der Waals surface area contributed by atoms with Gasteiger partial charge in [-0.3, -0.25) is 4.98 Å². The van der Waals surface area contributed by atoms with Crippen LogP contribution in [0, 0.1) is 11.3 Å². The number of rotatable bonds is 4. The molecule has 0 aliphatic carbocycles. The highest BCUT2D eigenvalue weighted by Gasteiger charge is 2.32. The zero-order valence-electron chi connectivity index (χ0n) is 14.8. The van der Waals surface area contributed by atoms with Crippen LogP contribution in [0.15, 0.2) is 60.9 Å². The lowest BCUT2D eigenvalue weighted by Gasteiger charge is -2.13. The van der Waals surface area contributed by atoms with Crippen LogP contribution in [0.4, 0.5) is 26.3 Å². The summed E-state index contributed by atoms with van der Waals surface area (Å²) in [5.41, 5.74) is 0.809. The van der Waals surface area contributed by atoms with Crippen LogP contribution < -0.4 is 9.47 Å². The summed E-state index contributed by atoms with van der Waals surface area (Å²) < 4.78 is 82.7. The van der Waals surface area contributed by atoms with Crippen LogP contribution in [-0.4, -0.2) is 17.7 Å². The van der Waals surface area contributed by atoms with Crippen LogP contribution in [0.3, 0.4) is 0 Å². The highest BCUT2D eigenvalue weighted by Crippen LogP contribution is 2.35. The number of hydrogen-bond acceptors (Lipinski definition) is 4. The van der Waals surface area contributed by atoms with E-state index in [1.165, 1.54) is 36.7 Å². The summed E-state index contributed by atoms with van der Waals surface area (Å²) in [6.45, 7) is 0. The number of nitriles is 1. The Morgan fingerprint density at radius 1 is 0.733 bits per heavy atom. The monoisotopic (exact) mass is 424 g/mol. The number of pyridine rings is 1. The van der Waals surface area contributed by atoms with E-state index in [1.54, 1.807) is 0 Å². The van der Waals surface area contributed by atoms with Gasteiger partial charge >= 0.3 is 12.7 Å². The lowest BCUT2D eigenvalue weighted by atomic mass is 9.95. The van der Waals surface area contributed by atoms with Gasteiger partial charge in [-0.05, 0) is 35.4 Å². The van der Waals surface area contributed by atoms with Crippen molar-refractivity contribution < 1.29 is 35.8 Å². The third-order valence-corrected chi connectivity index (χ3v) is 3.81. The van der Waals surface area contributed by atoms with Gasteiger partial charge in [0, 0.05) is 23.5 Å². The first kappa shape index (κ1) is 21.0. The second kappa shape index (κ2) is 7.94. The average Bonchev–Trinajstić information content (AvgIpc) is 2.65. The molecule has 4 nitrogen and oxygen atoms in total. The molecule has 154 valence electrons. The first-order valence-corrected chi connectivity index (χ1v) is 8.16.